The number of halogens is 1. The van der Waals surface area contributed by atoms with Gasteiger partial charge in [-0.1, -0.05) is 57.2 Å². The fraction of sp³-hybridized carbons (Fsp3) is 0.172. The first kappa shape index (κ1) is 27.3. The number of aromatic nitrogens is 1. The highest BCUT2D eigenvalue weighted by Gasteiger charge is 2.56. The van der Waals surface area contributed by atoms with Gasteiger partial charge in [-0.25, -0.2) is 4.90 Å². The van der Waals surface area contributed by atoms with Crippen LogP contribution in [0.25, 0.3) is 0 Å². The topological polar surface area (TPSA) is 118 Å². The average Bonchev–Trinajstić information content (AvgIpc) is 3.47. The largest absolute Gasteiger partial charge is 0.497 e. The summed E-state index contributed by atoms with van der Waals surface area (Å²) in [6.07, 6.45) is 0. The highest BCUT2D eigenvalue weighted by molar-refractivity contribution is 9.10. The molecule has 41 heavy (non-hydrogen) atoms. The van der Waals surface area contributed by atoms with Gasteiger partial charge in [0, 0.05) is 26.5 Å². The molecule has 12 heteroatoms. The number of nitrogens with zero attached hydrogens (tertiary/aromatic N) is 1. The summed E-state index contributed by atoms with van der Waals surface area (Å²) in [7, 11) is 1.54. The van der Waals surface area contributed by atoms with Gasteiger partial charge in [0.1, 0.15) is 16.7 Å². The summed E-state index contributed by atoms with van der Waals surface area (Å²) in [5.41, 5.74) is 1.67. The van der Waals surface area contributed by atoms with Gasteiger partial charge in [-0.2, -0.15) is 0 Å². The molecule has 0 bridgehead atoms. The lowest BCUT2D eigenvalue weighted by Crippen LogP contribution is -2.32. The number of aromatic amines is 1. The van der Waals surface area contributed by atoms with E-state index in [1.165, 1.54) is 16.7 Å². The molecule has 2 aliphatic rings. The van der Waals surface area contributed by atoms with Gasteiger partial charge in [0.15, 0.2) is 6.61 Å². The van der Waals surface area contributed by atoms with Crippen LogP contribution in [0.3, 0.4) is 0 Å². The molecule has 208 valence electrons. The van der Waals surface area contributed by atoms with Crippen LogP contribution in [-0.2, 0) is 14.4 Å². The van der Waals surface area contributed by atoms with Gasteiger partial charge < -0.3 is 19.8 Å². The van der Waals surface area contributed by atoms with Crippen LogP contribution in [0.4, 0.5) is 11.4 Å². The number of nitrogens with one attached hydrogen (secondary N) is 2. The normalized spacial score (nSPS) is 19.5. The smallest absolute Gasteiger partial charge is 0.305 e. The number of amides is 3. The number of benzene rings is 3. The van der Waals surface area contributed by atoms with Gasteiger partial charge in [0.25, 0.3) is 5.91 Å². The molecule has 2 aliphatic heterocycles. The number of fused-ring (bicyclic) bond motifs is 2. The first-order valence-corrected chi connectivity index (χ1v) is 15.0. The van der Waals surface area contributed by atoms with Gasteiger partial charge >= 0.3 is 4.87 Å². The number of rotatable bonds is 7. The molecule has 3 atom stereocenters. The van der Waals surface area contributed by atoms with Crippen LogP contribution >= 0.6 is 39.0 Å². The monoisotopic (exact) mass is 651 g/mol. The summed E-state index contributed by atoms with van der Waals surface area (Å²) in [6, 6.07) is 21.0. The average molecular weight is 653 g/mol. The predicted molar refractivity (Wildman–Crippen MR) is 160 cm³/mol. The number of thiazole rings is 1. The van der Waals surface area contributed by atoms with E-state index in [4.69, 9.17) is 9.47 Å². The Hall–Kier alpha value is -3.87. The lowest BCUT2D eigenvalue weighted by molar-refractivity contribution is -0.122. The number of carbonyl (C=O) groups is 3. The molecule has 9 nitrogen and oxygen atoms in total. The third-order valence-electron chi connectivity index (χ3n) is 6.88. The Morgan fingerprint density at radius 3 is 2.51 bits per heavy atom. The van der Waals surface area contributed by atoms with Crippen LogP contribution < -0.4 is 24.6 Å². The minimum absolute atomic E-state index is 0.278. The minimum atomic E-state index is -0.802. The lowest BCUT2D eigenvalue weighted by Gasteiger charge is -2.31. The third-order valence-corrected chi connectivity index (χ3v) is 9.77. The fourth-order valence-electron chi connectivity index (χ4n) is 5.09. The lowest BCUT2D eigenvalue weighted by atomic mass is 9.82. The molecule has 0 saturated carbocycles. The van der Waals surface area contributed by atoms with Crippen LogP contribution in [-0.4, -0.2) is 41.7 Å². The van der Waals surface area contributed by atoms with E-state index in [1.54, 1.807) is 55.6 Å². The maximum Gasteiger partial charge on any atom is 0.305 e. The molecule has 1 saturated heterocycles. The molecule has 3 aromatic carbocycles. The summed E-state index contributed by atoms with van der Waals surface area (Å²) >= 11 is 5.72. The minimum Gasteiger partial charge on any atom is -0.497 e. The summed E-state index contributed by atoms with van der Waals surface area (Å²) < 4.78 is 11.9. The van der Waals surface area contributed by atoms with E-state index in [0.29, 0.717) is 38.3 Å². The Labute approximate surface area is 251 Å². The van der Waals surface area contributed by atoms with E-state index >= 15 is 0 Å². The second-order valence-corrected chi connectivity index (χ2v) is 12.4. The molecule has 2 N–H and O–H groups in total. The zero-order chi connectivity index (χ0) is 28.7. The summed E-state index contributed by atoms with van der Waals surface area (Å²) in [5.74, 6) is -1.58. The van der Waals surface area contributed by atoms with Gasteiger partial charge in [0.2, 0.25) is 11.8 Å². The SMILES string of the molecule is COc1ccc(N2C(=O)C3Sc4[nH]c(=O)sc4C(c4cc(Br)ccc4OCC(=O)Nc4ccccc4)C3C2=O)cc1. The maximum absolute atomic E-state index is 14.0. The van der Waals surface area contributed by atoms with E-state index in [1.807, 2.05) is 24.3 Å². The Kier molecular flexibility index (Phi) is 7.45. The third kappa shape index (κ3) is 5.18. The van der Waals surface area contributed by atoms with E-state index in [-0.39, 0.29) is 29.2 Å². The molecule has 3 heterocycles. The van der Waals surface area contributed by atoms with E-state index in [9.17, 15) is 19.2 Å². The number of hydrogen-bond donors (Lipinski definition) is 2. The molecule has 0 aliphatic carbocycles. The van der Waals surface area contributed by atoms with Crippen LogP contribution in [0.15, 0.2) is 87.1 Å². The number of carbonyl (C=O) groups excluding carboxylic acids is 3. The first-order valence-electron chi connectivity index (χ1n) is 12.5. The molecule has 0 radical (unpaired) electrons. The molecule has 1 fully saturated rings. The molecule has 4 aromatic rings. The van der Waals surface area contributed by atoms with E-state index in [2.05, 4.69) is 26.2 Å². The Balaban J connectivity index is 1.37. The molecule has 1 aromatic heterocycles. The van der Waals surface area contributed by atoms with Gasteiger partial charge in [-0.3, -0.25) is 19.2 Å². The first-order chi connectivity index (χ1) is 19.8. The van der Waals surface area contributed by atoms with Crippen LogP contribution in [0.5, 0.6) is 11.5 Å². The number of hydrogen-bond acceptors (Lipinski definition) is 8. The van der Waals surface area contributed by atoms with Crippen molar-refractivity contribution in [1.82, 2.24) is 4.98 Å². The number of H-pyrrole nitrogens is 1. The molecule has 3 amide bonds. The van der Waals surface area contributed by atoms with Crippen LogP contribution in [0, 0.1) is 5.92 Å². The molecule has 0 spiro atoms. The van der Waals surface area contributed by atoms with Crippen molar-refractivity contribution in [3.8, 4) is 11.5 Å². The van der Waals surface area contributed by atoms with Crippen molar-refractivity contribution in [3.05, 3.63) is 97.4 Å². The highest BCUT2D eigenvalue weighted by atomic mass is 79.9. The predicted octanol–water partition coefficient (Wildman–Crippen LogP) is 5.02. The van der Waals surface area contributed by atoms with Gasteiger partial charge in [-0.15, -0.1) is 0 Å². The molecule has 6 rings (SSSR count). The van der Waals surface area contributed by atoms with Crippen molar-refractivity contribution in [3.63, 3.8) is 0 Å². The number of thioether (sulfide) groups is 1. The summed E-state index contributed by atoms with van der Waals surface area (Å²) in [4.78, 5) is 57.3. The Morgan fingerprint density at radius 1 is 1.02 bits per heavy atom. The number of anilines is 2. The Bertz CT molecular complexity index is 1710. The zero-order valence-electron chi connectivity index (χ0n) is 21.5. The second kappa shape index (κ2) is 11.2. The summed E-state index contributed by atoms with van der Waals surface area (Å²) in [6.45, 7) is -0.278. The molecule has 3 unspecified atom stereocenters. The number of ether oxygens (including phenoxy) is 2. The number of methoxy groups -OCH3 is 1. The molecular weight excluding hydrogens is 630 g/mol. The van der Waals surface area contributed by atoms with Gasteiger partial charge in [-0.05, 0) is 54.6 Å². The second-order valence-electron chi connectivity index (χ2n) is 9.34. The van der Waals surface area contributed by atoms with Gasteiger partial charge in [0.05, 0.1) is 23.7 Å². The van der Waals surface area contributed by atoms with Crippen LogP contribution in [0.2, 0.25) is 0 Å². The van der Waals surface area contributed by atoms with Crippen LogP contribution in [0.1, 0.15) is 16.4 Å². The van der Waals surface area contributed by atoms with Crippen molar-refractivity contribution >= 4 is 68.1 Å². The molecular formula is C29H22BrN3O6S2. The van der Waals surface area contributed by atoms with Crippen molar-refractivity contribution in [2.75, 3.05) is 23.9 Å². The zero-order valence-corrected chi connectivity index (χ0v) is 24.7. The number of imide groups is 1. The standard InChI is InChI=1S/C29H22BrN3O6S2/c1-38-18-10-8-17(9-11-18)33-27(35)23-22(24-26(32-29(37)41-24)40-25(23)28(33)36)19-13-15(30)7-12-20(19)39-14-21(34)31-16-5-3-2-4-6-16/h2-13,22-23,25H,14H2,1H3,(H,31,34)(H,32,37). The van der Waals surface area contributed by atoms with Crippen molar-refractivity contribution in [2.45, 2.75) is 16.2 Å². The Morgan fingerprint density at radius 2 is 1.78 bits per heavy atom. The maximum atomic E-state index is 14.0. The summed E-state index contributed by atoms with van der Waals surface area (Å²) in [5, 5.41) is 2.58. The van der Waals surface area contributed by atoms with E-state index < -0.39 is 17.1 Å². The van der Waals surface area contributed by atoms with Crippen molar-refractivity contribution in [1.29, 1.82) is 0 Å². The van der Waals surface area contributed by atoms with E-state index in [0.717, 1.165) is 15.8 Å². The quantitative estimate of drug-likeness (QED) is 0.269. The highest BCUT2D eigenvalue weighted by Crippen LogP contribution is 2.54. The van der Waals surface area contributed by atoms with Crippen molar-refractivity contribution in [2.24, 2.45) is 5.92 Å². The van der Waals surface area contributed by atoms with Crippen molar-refractivity contribution < 1.29 is 23.9 Å². The fourth-order valence-corrected chi connectivity index (χ4v) is 7.98. The number of para-hydroxylation sites is 1.